The Balaban J connectivity index is 0.00000306. The van der Waals surface area contributed by atoms with Gasteiger partial charge in [0, 0.05) is 34.5 Å². The van der Waals surface area contributed by atoms with E-state index in [-0.39, 0.29) is 12.4 Å². The lowest BCUT2D eigenvalue weighted by Gasteiger charge is -2.09. The number of benzene rings is 3. The molecule has 0 atom stereocenters. The first-order valence-electron chi connectivity index (χ1n) is 10.0. The number of tetrazole rings is 1. The van der Waals surface area contributed by atoms with Crippen molar-refractivity contribution < 1.29 is 4.74 Å². The largest absolute Gasteiger partial charge is 0.489 e. The maximum Gasteiger partial charge on any atom is 0.214 e. The lowest BCUT2D eigenvalue weighted by atomic mass is 10.2. The van der Waals surface area contributed by atoms with Crippen molar-refractivity contribution in [3.63, 3.8) is 0 Å². The molecule has 0 bridgehead atoms. The Kier molecular flexibility index (Phi) is 9.84. The van der Waals surface area contributed by atoms with Gasteiger partial charge in [0.25, 0.3) is 0 Å². The minimum absolute atomic E-state index is 0. The molecule has 0 aliphatic carbocycles. The monoisotopic (exact) mass is 521 g/mol. The number of ether oxygens (including phenoxy) is 1. The van der Waals surface area contributed by atoms with Crippen LogP contribution in [0.4, 0.5) is 0 Å². The number of para-hydroxylation sites is 1. The second-order valence-corrected chi connectivity index (χ2v) is 8.81. The van der Waals surface area contributed by atoms with Crippen LogP contribution < -0.4 is 10.1 Å². The minimum Gasteiger partial charge on any atom is -0.489 e. The van der Waals surface area contributed by atoms with E-state index in [1.807, 2.05) is 48.5 Å². The molecular formula is C23H22Cl3N5OS. The Bertz CT molecular complexity index is 1140. The van der Waals surface area contributed by atoms with Gasteiger partial charge in [-0.15, -0.1) is 17.5 Å². The number of aromatic nitrogens is 4. The molecular weight excluding hydrogens is 501 g/mol. The van der Waals surface area contributed by atoms with Crippen LogP contribution in [0.5, 0.6) is 5.75 Å². The lowest BCUT2D eigenvalue weighted by Crippen LogP contribution is -2.16. The van der Waals surface area contributed by atoms with Crippen molar-refractivity contribution in [3.8, 4) is 11.4 Å². The van der Waals surface area contributed by atoms with Crippen LogP contribution in [0.1, 0.15) is 11.1 Å². The number of nitrogens with one attached hydrogen (secondary N) is 1. The molecule has 10 heteroatoms. The molecule has 4 rings (SSSR count). The van der Waals surface area contributed by atoms with Gasteiger partial charge in [-0.1, -0.05) is 71.4 Å². The van der Waals surface area contributed by atoms with Gasteiger partial charge in [0.2, 0.25) is 5.16 Å². The van der Waals surface area contributed by atoms with Crippen molar-refractivity contribution in [3.05, 3.63) is 94.0 Å². The summed E-state index contributed by atoms with van der Waals surface area (Å²) in [7, 11) is 0. The molecule has 0 unspecified atom stereocenters. The molecule has 0 spiro atoms. The maximum absolute atomic E-state index is 6.19. The zero-order valence-electron chi connectivity index (χ0n) is 17.5. The second-order valence-electron chi connectivity index (χ2n) is 6.90. The summed E-state index contributed by atoms with van der Waals surface area (Å²) in [6.07, 6.45) is 0. The highest BCUT2D eigenvalue weighted by Gasteiger charge is 2.08. The van der Waals surface area contributed by atoms with Crippen LogP contribution in [0.25, 0.3) is 5.69 Å². The molecule has 0 aliphatic rings. The normalized spacial score (nSPS) is 10.6. The highest BCUT2D eigenvalue weighted by molar-refractivity contribution is 7.99. The molecule has 1 N–H and O–H groups in total. The molecule has 0 radical (unpaired) electrons. The number of hydrogen-bond donors (Lipinski definition) is 1. The van der Waals surface area contributed by atoms with Gasteiger partial charge in [0.15, 0.2) is 0 Å². The van der Waals surface area contributed by atoms with E-state index in [4.69, 9.17) is 27.9 Å². The predicted octanol–water partition coefficient (Wildman–Crippen LogP) is 5.85. The molecule has 172 valence electrons. The summed E-state index contributed by atoms with van der Waals surface area (Å²) < 4.78 is 7.58. The highest BCUT2D eigenvalue weighted by Crippen LogP contribution is 2.23. The first kappa shape index (κ1) is 25.3. The van der Waals surface area contributed by atoms with Crippen LogP contribution in [0.2, 0.25) is 10.0 Å². The average Bonchev–Trinajstić information content (AvgIpc) is 3.28. The molecule has 0 fully saturated rings. The highest BCUT2D eigenvalue weighted by atomic mass is 35.5. The van der Waals surface area contributed by atoms with Crippen LogP contribution in [-0.4, -0.2) is 32.5 Å². The molecule has 1 aromatic heterocycles. The van der Waals surface area contributed by atoms with Crippen molar-refractivity contribution in [2.75, 3.05) is 12.3 Å². The van der Waals surface area contributed by atoms with E-state index in [1.165, 1.54) is 5.56 Å². The van der Waals surface area contributed by atoms with E-state index in [1.54, 1.807) is 28.6 Å². The topological polar surface area (TPSA) is 64.9 Å². The van der Waals surface area contributed by atoms with Gasteiger partial charge >= 0.3 is 0 Å². The Morgan fingerprint density at radius 1 is 0.970 bits per heavy atom. The third-order valence-corrected chi connectivity index (χ3v) is 6.12. The number of nitrogens with zero attached hydrogens (tertiary/aromatic N) is 4. The molecule has 33 heavy (non-hydrogen) atoms. The van der Waals surface area contributed by atoms with Gasteiger partial charge in [0.05, 0.1) is 5.69 Å². The van der Waals surface area contributed by atoms with Gasteiger partial charge < -0.3 is 10.1 Å². The summed E-state index contributed by atoms with van der Waals surface area (Å²) in [5.74, 6) is 1.65. The quantitative estimate of drug-likeness (QED) is 0.208. The van der Waals surface area contributed by atoms with E-state index in [2.05, 4.69) is 33.0 Å². The Hall–Kier alpha value is -2.29. The minimum atomic E-state index is 0. The van der Waals surface area contributed by atoms with Crippen molar-refractivity contribution in [2.24, 2.45) is 0 Å². The summed E-state index contributed by atoms with van der Waals surface area (Å²) in [4.78, 5) is 0. The smallest absolute Gasteiger partial charge is 0.214 e. The lowest BCUT2D eigenvalue weighted by molar-refractivity contribution is 0.306. The molecule has 0 saturated carbocycles. The van der Waals surface area contributed by atoms with E-state index < -0.39 is 0 Å². The van der Waals surface area contributed by atoms with Crippen LogP contribution in [-0.2, 0) is 13.2 Å². The van der Waals surface area contributed by atoms with Gasteiger partial charge in [-0.25, -0.2) is 0 Å². The third-order valence-electron chi connectivity index (χ3n) is 4.61. The Morgan fingerprint density at radius 3 is 2.52 bits per heavy atom. The Labute approximate surface area is 213 Å². The van der Waals surface area contributed by atoms with Crippen molar-refractivity contribution in [1.82, 2.24) is 25.5 Å². The Morgan fingerprint density at radius 2 is 1.76 bits per heavy atom. The van der Waals surface area contributed by atoms with Gasteiger partial charge in [0.1, 0.15) is 12.4 Å². The predicted molar refractivity (Wildman–Crippen MR) is 136 cm³/mol. The standard InChI is InChI=1S/C23H21Cl2N5OS.ClH/c24-19-9-8-18(22(25)14-19)16-31-21-10-6-17(7-11-21)15-26-12-13-32-23-27-28-29-30(23)20-4-2-1-3-5-20;/h1-11,14,26H,12-13,15-16H2;1H. The summed E-state index contributed by atoms with van der Waals surface area (Å²) >= 11 is 13.7. The van der Waals surface area contributed by atoms with Crippen LogP contribution in [0.15, 0.2) is 78.0 Å². The van der Waals surface area contributed by atoms with E-state index >= 15 is 0 Å². The number of rotatable bonds is 10. The fraction of sp³-hybridized carbons (Fsp3) is 0.174. The van der Waals surface area contributed by atoms with Crippen molar-refractivity contribution >= 4 is 47.4 Å². The van der Waals surface area contributed by atoms with E-state index in [0.717, 1.165) is 41.0 Å². The first-order chi connectivity index (χ1) is 15.7. The molecule has 0 saturated heterocycles. The second kappa shape index (κ2) is 12.8. The number of halogens is 3. The van der Waals surface area contributed by atoms with Crippen LogP contribution in [0.3, 0.4) is 0 Å². The average molecular weight is 523 g/mol. The number of hydrogen-bond acceptors (Lipinski definition) is 6. The van der Waals surface area contributed by atoms with E-state index in [0.29, 0.717) is 16.7 Å². The van der Waals surface area contributed by atoms with Crippen molar-refractivity contribution in [1.29, 1.82) is 0 Å². The van der Waals surface area contributed by atoms with Crippen LogP contribution in [0, 0.1) is 0 Å². The van der Waals surface area contributed by atoms with Gasteiger partial charge in [-0.3, -0.25) is 0 Å². The van der Waals surface area contributed by atoms with Crippen LogP contribution >= 0.6 is 47.4 Å². The molecule has 0 amide bonds. The van der Waals surface area contributed by atoms with Crippen molar-refractivity contribution in [2.45, 2.75) is 18.3 Å². The SMILES string of the molecule is Cl.Clc1ccc(COc2ccc(CNCCSc3nnnn3-c3ccccc3)cc2)c(Cl)c1. The summed E-state index contributed by atoms with van der Waals surface area (Å²) in [5, 5.41) is 17.4. The summed E-state index contributed by atoms with van der Waals surface area (Å²) in [6, 6.07) is 23.3. The zero-order chi connectivity index (χ0) is 22.2. The summed E-state index contributed by atoms with van der Waals surface area (Å²) in [6.45, 7) is 2.00. The molecule has 0 aliphatic heterocycles. The zero-order valence-corrected chi connectivity index (χ0v) is 20.7. The molecule has 4 aromatic rings. The molecule has 6 nitrogen and oxygen atoms in total. The number of thioether (sulfide) groups is 1. The maximum atomic E-state index is 6.19. The van der Waals surface area contributed by atoms with E-state index in [9.17, 15) is 0 Å². The first-order valence-corrected chi connectivity index (χ1v) is 11.8. The molecule has 1 heterocycles. The van der Waals surface area contributed by atoms with Gasteiger partial charge in [-0.2, -0.15) is 4.68 Å². The molecule has 3 aromatic carbocycles. The fourth-order valence-corrected chi connectivity index (χ4v) is 4.20. The fourth-order valence-electron chi connectivity index (χ4n) is 2.95. The third kappa shape index (κ3) is 7.35. The van der Waals surface area contributed by atoms with Gasteiger partial charge in [-0.05, 0) is 52.4 Å². The summed E-state index contributed by atoms with van der Waals surface area (Å²) in [5.41, 5.74) is 3.03.